The Balaban J connectivity index is 1.91. The summed E-state index contributed by atoms with van der Waals surface area (Å²) < 4.78 is 26.8. The largest absolute Gasteiger partial charge is 0.465 e. The van der Waals surface area contributed by atoms with Gasteiger partial charge in [-0.1, -0.05) is 50.0 Å². The lowest BCUT2D eigenvalue weighted by atomic mass is 9.88. The molecule has 2 aromatic rings. The molecule has 0 radical (unpaired) electrons. The molecule has 0 bridgehead atoms. The molecule has 1 amide bonds. The van der Waals surface area contributed by atoms with Crippen molar-refractivity contribution < 1.29 is 18.3 Å². The van der Waals surface area contributed by atoms with E-state index < -0.39 is 24.0 Å². The van der Waals surface area contributed by atoms with Crippen molar-refractivity contribution in [3.8, 4) is 17.2 Å². The summed E-state index contributed by atoms with van der Waals surface area (Å²) in [6, 6.07) is 14.1. The summed E-state index contributed by atoms with van der Waals surface area (Å²) in [6.45, 7) is 7.43. The van der Waals surface area contributed by atoms with E-state index >= 15 is 0 Å². The SMILES string of the molecule is C[Si](C)(C)CCS(=O)(=O)c1c(Br)ccc(-c2ccc(C3CCN(C(=O)O)CC3)cc2)c1C#N. The predicted octanol–water partition coefficient (Wildman–Crippen LogP) is 5.96. The van der Waals surface area contributed by atoms with Gasteiger partial charge in [-0.2, -0.15) is 5.26 Å². The topological polar surface area (TPSA) is 98.5 Å². The molecule has 0 atom stereocenters. The number of rotatable bonds is 6. The third-order valence-corrected chi connectivity index (χ3v) is 10.9. The van der Waals surface area contributed by atoms with Crippen LogP contribution in [0.4, 0.5) is 4.79 Å². The van der Waals surface area contributed by atoms with Gasteiger partial charge in [0.05, 0.1) is 16.2 Å². The number of hydrogen-bond acceptors (Lipinski definition) is 4. The van der Waals surface area contributed by atoms with Gasteiger partial charge in [0.2, 0.25) is 0 Å². The average molecular weight is 550 g/mol. The Labute approximate surface area is 205 Å². The normalized spacial score (nSPS) is 15.3. The first-order chi connectivity index (χ1) is 15.4. The van der Waals surface area contributed by atoms with Crippen molar-refractivity contribution in [1.29, 1.82) is 5.26 Å². The molecule has 2 aromatic carbocycles. The van der Waals surface area contributed by atoms with Crippen LogP contribution in [0.25, 0.3) is 11.1 Å². The van der Waals surface area contributed by atoms with Gasteiger partial charge < -0.3 is 10.0 Å². The van der Waals surface area contributed by atoms with Crippen LogP contribution in [0.1, 0.15) is 29.9 Å². The smallest absolute Gasteiger partial charge is 0.407 e. The number of nitrogens with zero attached hydrogens (tertiary/aromatic N) is 2. The van der Waals surface area contributed by atoms with Crippen LogP contribution in [0, 0.1) is 11.3 Å². The molecule has 1 aliphatic rings. The molecule has 6 nitrogen and oxygen atoms in total. The number of likely N-dealkylation sites (tertiary alicyclic amines) is 1. The van der Waals surface area contributed by atoms with Crippen LogP contribution >= 0.6 is 15.9 Å². The van der Waals surface area contributed by atoms with Crippen molar-refractivity contribution >= 4 is 39.9 Å². The number of nitriles is 1. The van der Waals surface area contributed by atoms with E-state index in [1.54, 1.807) is 12.1 Å². The van der Waals surface area contributed by atoms with Crippen LogP contribution in [0.5, 0.6) is 0 Å². The number of hydrogen-bond donors (Lipinski definition) is 1. The number of sulfone groups is 1. The highest BCUT2D eigenvalue weighted by atomic mass is 79.9. The Hall–Kier alpha value is -2.15. The van der Waals surface area contributed by atoms with E-state index in [9.17, 15) is 18.5 Å². The van der Waals surface area contributed by atoms with Crippen molar-refractivity contribution in [2.24, 2.45) is 0 Å². The molecule has 1 fully saturated rings. The van der Waals surface area contributed by atoms with Crippen LogP contribution in [-0.4, -0.2) is 51.4 Å². The minimum absolute atomic E-state index is 0.0352. The summed E-state index contributed by atoms with van der Waals surface area (Å²) >= 11 is 3.36. The van der Waals surface area contributed by atoms with E-state index in [0.717, 1.165) is 24.0 Å². The molecule has 0 aromatic heterocycles. The Morgan fingerprint density at radius 2 is 1.76 bits per heavy atom. The van der Waals surface area contributed by atoms with E-state index in [-0.39, 0.29) is 22.1 Å². The van der Waals surface area contributed by atoms with E-state index in [4.69, 9.17) is 5.11 Å². The number of piperidine rings is 1. The second-order valence-electron chi connectivity index (χ2n) is 9.71. The fourth-order valence-electron chi connectivity index (χ4n) is 4.09. The quantitative estimate of drug-likeness (QED) is 0.449. The number of benzene rings is 2. The molecule has 0 aliphatic carbocycles. The highest BCUT2D eigenvalue weighted by Crippen LogP contribution is 2.36. The first kappa shape index (κ1) is 25.5. The summed E-state index contributed by atoms with van der Waals surface area (Å²) in [5, 5.41) is 19.1. The summed E-state index contributed by atoms with van der Waals surface area (Å²) in [5.41, 5.74) is 2.68. The monoisotopic (exact) mass is 548 g/mol. The molecule has 1 saturated heterocycles. The fraction of sp³-hybridized carbons (Fsp3) is 0.417. The molecule has 1 N–H and O–H groups in total. The standard InChI is InChI=1S/C24H29BrN2O4SSi/c1-33(2,3)15-14-32(30,31)23-21(16-26)20(8-9-22(23)25)19-6-4-17(5-7-19)18-10-12-27(13-11-18)24(28)29/h4-9,18H,10-15H2,1-3H3,(H,28,29). The summed E-state index contributed by atoms with van der Waals surface area (Å²) in [5.74, 6) is 0.320. The second kappa shape index (κ2) is 10.00. The van der Waals surface area contributed by atoms with Crippen LogP contribution < -0.4 is 0 Å². The lowest BCUT2D eigenvalue weighted by molar-refractivity contribution is 0.132. The van der Waals surface area contributed by atoms with Crippen LogP contribution in [0.2, 0.25) is 25.7 Å². The number of carbonyl (C=O) groups is 1. The van der Waals surface area contributed by atoms with Crippen molar-refractivity contribution in [2.45, 2.75) is 49.3 Å². The van der Waals surface area contributed by atoms with Crippen molar-refractivity contribution in [2.75, 3.05) is 18.8 Å². The lowest BCUT2D eigenvalue weighted by Crippen LogP contribution is -2.36. The fourth-order valence-corrected chi connectivity index (χ4v) is 9.73. The predicted molar refractivity (Wildman–Crippen MR) is 136 cm³/mol. The van der Waals surface area contributed by atoms with Gasteiger partial charge in [0, 0.05) is 31.2 Å². The van der Waals surface area contributed by atoms with Gasteiger partial charge in [-0.3, -0.25) is 0 Å². The Morgan fingerprint density at radius 1 is 1.15 bits per heavy atom. The zero-order valence-corrected chi connectivity index (χ0v) is 22.5. The van der Waals surface area contributed by atoms with Crippen molar-refractivity contribution in [3.05, 3.63) is 52.0 Å². The average Bonchev–Trinajstić information content (AvgIpc) is 2.77. The molecule has 0 unspecified atom stereocenters. The molecule has 9 heteroatoms. The third-order valence-electron chi connectivity index (χ3n) is 6.11. The maximum absolute atomic E-state index is 13.2. The maximum Gasteiger partial charge on any atom is 0.407 e. The molecule has 176 valence electrons. The Kier molecular flexibility index (Phi) is 7.71. The van der Waals surface area contributed by atoms with E-state index in [1.165, 1.54) is 4.90 Å². The molecular weight excluding hydrogens is 520 g/mol. The zero-order chi connectivity index (χ0) is 24.4. The Morgan fingerprint density at radius 3 is 2.27 bits per heavy atom. The van der Waals surface area contributed by atoms with Gasteiger partial charge >= 0.3 is 6.09 Å². The maximum atomic E-state index is 13.2. The summed E-state index contributed by atoms with van der Waals surface area (Å²) in [7, 11) is -5.19. The first-order valence-electron chi connectivity index (χ1n) is 11.0. The minimum atomic E-state index is -3.62. The highest BCUT2D eigenvalue weighted by molar-refractivity contribution is 9.10. The van der Waals surface area contributed by atoms with E-state index in [1.807, 2.05) is 24.3 Å². The van der Waals surface area contributed by atoms with Crippen LogP contribution in [0.3, 0.4) is 0 Å². The molecule has 1 aliphatic heterocycles. The highest BCUT2D eigenvalue weighted by Gasteiger charge is 2.28. The van der Waals surface area contributed by atoms with E-state index in [2.05, 4.69) is 41.6 Å². The number of carboxylic acid groups (broad SMARTS) is 1. The minimum Gasteiger partial charge on any atom is -0.465 e. The summed E-state index contributed by atoms with van der Waals surface area (Å²) in [6.07, 6.45) is 0.665. The lowest BCUT2D eigenvalue weighted by Gasteiger charge is -2.30. The molecule has 0 spiro atoms. The molecule has 3 rings (SSSR count). The number of halogens is 1. The third kappa shape index (κ3) is 6.05. The molecule has 1 heterocycles. The van der Waals surface area contributed by atoms with Gasteiger partial charge in [-0.15, -0.1) is 0 Å². The van der Waals surface area contributed by atoms with Crippen molar-refractivity contribution in [3.63, 3.8) is 0 Å². The van der Waals surface area contributed by atoms with Gasteiger partial charge in [-0.05, 0) is 57.9 Å². The van der Waals surface area contributed by atoms with Gasteiger partial charge in [0.25, 0.3) is 0 Å². The molecule has 0 saturated carbocycles. The van der Waals surface area contributed by atoms with Crippen LogP contribution in [0.15, 0.2) is 45.8 Å². The Bertz CT molecular complexity index is 1180. The van der Waals surface area contributed by atoms with Gasteiger partial charge in [-0.25, -0.2) is 13.2 Å². The summed E-state index contributed by atoms with van der Waals surface area (Å²) in [4.78, 5) is 12.6. The van der Waals surface area contributed by atoms with Gasteiger partial charge in [0.1, 0.15) is 6.07 Å². The van der Waals surface area contributed by atoms with E-state index in [0.29, 0.717) is 29.2 Å². The first-order valence-corrected chi connectivity index (χ1v) is 17.1. The zero-order valence-electron chi connectivity index (χ0n) is 19.1. The molecule has 33 heavy (non-hydrogen) atoms. The van der Waals surface area contributed by atoms with Gasteiger partial charge in [0.15, 0.2) is 9.84 Å². The van der Waals surface area contributed by atoms with Crippen LogP contribution in [-0.2, 0) is 9.84 Å². The molecular formula is C24H29BrN2O4SSi. The number of amides is 1. The second-order valence-corrected chi connectivity index (χ2v) is 18.2. The van der Waals surface area contributed by atoms with Crippen molar-refractivity contribution in [1.82, 2.24) is 4.90 Å².